The molecule has 0 atom stereocenters. The van der Waals surface area contributed by atoms with Crippen molar-refractivity contribution in [3.05, 3.63) is 90.5 Å². The monoisotopic (exact) mass is 461 g/mol. The molecule has 0 saturated heterocycles. The maximum absolute atomic E-state index is 12.1. The summed E-state index contributed by atoms with van der Waals surface area (Å²) in [6.07, 6.45) is 2.97. The van der Waals surface area contributed by atoms with Crippen LogP contribution in [0.1, 0.15) is 5.56 Å². The number of nitrogens with one attached hydrogen (secondary N) is 3. The Hall–Kier alpha value is -4.17. The molecule has 0 unspecified atom stereocenters. The lowest BCUT2D eigenvalue weighted by Crippen LogP contribution is -2.49. The van der Waals surface area contributed by atoms with Gasteiger partial charge in [0.15, 0.2) is 11.7 Å². The lowest BCUT2D eigenvalue weighted by atomic mass is 10.1. The highest BCUT2D eigenvalue weighted by Gasteiger charge is 2.09. The second kappa shape index (κ2) is 12.0. The molecule has 168 valence electrons. The van der Waals surface area contributed by atoms with Crippen LogP contribution >= 0.6 is 12.2 Å². The van der Waals surface area contributed by atoms with Crippen LogP contribution in [0.25, 0.3) is 17.2 Å². The highest BCUT2D eigenvalue weighted by atomic mass is 32.1. The van der Waals surface area contributed by atoms with Gasteiger partial charge in [0.25, 0.3) is 5.91 Å². The number of hydrogen-bond acceptors (Lipinski definition) is 5. The summed E-state index contributed by atoms with van der Waals surface area (Å²) in [5, 5.41) is 2.40. The third-order valence-corrected chi connectivity index (χ3v) is 4.63. The van der Waals surface area contributed by atoms with Crippen LogP contribution in [0.3, 0.4) is 0 Å². The van der Waals surface area contributed by atoms with E-state index in [9.17, 15) is 9.59 Å². The summed E-state index contributed by atoms with van der Waals surface area (Å²) in [5.41, 5.74) is 7.56. The third-order valence-electron chi connectivity index (χ3n) is 4.43. The van der Waals surface area contributed by atoms with E-state index in [4.69, 9.17) is 21.7 Å². The van der Waals surface area contributed by atoms with E-state index >= 15 is 0 Å². The van der Waals surface area contributed by atoms with E-state index in [1.54, 1.807) is 31.4 Å². The number of hydrogen-bond donors (Lipinski definition) is 3. The summed E-state index contributed by atoms with van der Waals surface area (Å²) in [4.78, 5) is 24.1. The van der Waals surface area contributed by atoms with Crippen LogP contribution in [0.4, 0.5) is 0 Å². The Morgan fingerprint density at radius 2 is 1.61 bits per heavy atom. The molecule has 7 nitrogen and oxygen atoms in total. The van der Waals surface area contributed by atoms with Crippen molar-refractivity contribution in [1.29, 1.82) is 0 Å². The number of benzene rings is 3. The molecule has 3 aromatic rings. The normalized spacial score (nSPS) is 10.3. The number of ether oxygens (including phenoxy) is 2. The molecule has 0 aliphatic heterocycles. The summed E-state index contributed by atoms with van der Waals surface area (Å²) in [7, 11) is 1.58. The van der Waals surface area contributed by atoms with Gasteiger partial charge in [0.05, 0.1) is 7.11 Å². The van der Waals surface area contributed by atoms with E-state index in [2.05, 4.69) is 16.2 Å². The molecule has 0 aliphatic rings. The van der Waals surface area contributed by atoms with Crippen molar-refractivity contribution in [3.8, 4) is 22.6 Å². The van der Waals surface area contributed by atoms with Crippen molar-refractivity contribution in [1.82, 2.24) is 16.2 Å². The first-order chi connectivity index (χ1) is 16.0. The Morgan fingerprint density at radius 1 is 0.909 bits per heavy atom. The van der Waals surface area contributed by atoms with Crippen molar-refractivity contribution in [2.45, 2.75) is 0 Å². The smallest absolute Gasteiger partial charge is 0.276 e. The molecule has 0 bridgehead atoms. The Kier molecular flexibility index (Phi) is 8.55. The molecule has 0 aliphatic carbocycles. The first-order valence-electron chi connectivity index (χ1n) is 10.0. The number of carbonyl (C=O) groups excluding carboxylic acids is 2. The number of para-hydroxylation sites is 1. The molecular formula is C25H23N3O4S. The predicted octanol–water partition coefficient (Wildman–Crippen LogP) is 3.48. The van der Waals surface area contributed by atoms with Gasteiger partial charge in [-0.3, -0.25) is 25.8 Å². The largest absolute Gasteiger partial charge is 0.497 e. The molecule has 0 spiro atoms. The van der Waals surface area contributed by atoms with Crippen LogP contribution in [-0.2, 0) is 9.59 Å². The number of carbonyl (C=O) groups is 2. The first-order valence-corrected chi connectivity index (χ1v) is 10.4. The summed E-state index contributed by atoms with van der Waals surface area (Å²) < 4.78 is 10.8. The molecule has 3 N–H and O–H groups in total. The van der Waals surface area contributed by atoms with Gasteiger partial charge in [0, 0.05) is 11.6 Å². The van der Waals surface area contributed by atoms with Gasteiger partial charge in [-0.2, -0.15) is 0 Å². The van der Waals surface area contributed by atoms with Gasteiger partial charge in [0.1, 0.15) is 11.5 Å². The van der Waals surface area contributed by atoms with E-state index in [0.29, 0.717) is 5.75 Å². The zero-order chi connectivity index (χ0) is 23.5. The molecule has 0 radical (unpaired) electrons. The van der Waals surface area contributed by atoms with E-state index < -0.39 is 11.8 Å². The maximum atomic E-state index is 12.1. The number of rotatable bonds is 7. The molecule has 2 amide bonds. The standard InChI is InChI=1S/C25H23N3O4S/c1-31-20-14-11-18(12-15-20)13-16-23(29)26-25(33)28-27-24(30)17-32-22-10-6-5-9-21(22)19-7-3-2-4-8-19/h2-16H,17H2,1H3,(H,27,30)(H2,26,28,29,33). The average molecular weight is 462 g/mol. The molecule has 33 heavy (non-hydrogen) atoms. The van der Waals surface area contributed by atoms with E-state index in [1.165, 1.54) is 6.08 Å². The average Bonchev–Trinajstić information content (AvgIpc) is 2.86. The van der Waals surface area contributed by atoms with Crippen molar-refractivity contribution in [2.75, 3.05) is 13.7 Å². The zero-order valence-corrected chi connectivity index (χ0v) is 18.7. The van der Waals surface area contributed by atoms with Crippen LogP contribution in [0.2, 0.25) is 0 Å². The van der Waals surface area contributed by atoms with E-state index in [-0.39, 0.29) is 11.7 Å². The van der Waals surface area contributed by atoms with Gasteiger partial charge in [-0.05, 0) is 47.6 Å². The lowest BCUT2D eigenvalue weighted by molar-refractivity contribution is -0.123. The first kappa shape index (κ1) is 23.5. The maximum Gasteiger partial charge on any atom is 0.276 e. The molecule has 0 fully saturated rings. The zero-order valence-electron chi connectivity index (χ0n) is 17.9. The summed E-state index contributed by atoms with van der Waals surface area (Å²) in [5.74, 6) is 0.414. The summed E-state index contributed by atoms with van der Waals surface area (Å²) in [6, 6.07) is 24.4. The fourth-order valence-electron chi connectivity index (χ4n) is 2.83. The van der Waals surface area contributed by atoms with Gasteiger partial charge < -0.3 is 9.47 Å². The molecule has 3 rings (SSSR count). The van der Waals surface area contributed by atoms with Gasteiger partial charge in [0.2, 0.25) is 5.91 Å². The van der Waals surface area contributed by atoms with Gasteiger partial charge in [-0.25, -0.2) is 0 Å². The Labute approximate surface area is 197 Å². The number of amides is 2. The number of thiocarbonyl (C=S) groups is 1. The fraction of sp³-hybridized carbons (Fsp3) is 0.0800. The fourth-order valence-corrected chi connectivity index (χ4v) is 2.98. The molecule has 0 saturated carbocycles. The van der Waals surface area contributed by atoms with Crippen molar-refractivity contribution in [3.63, 3.8) is 0 Å². The second-order valence-corrected chi connectivity index (χ2v) is 7.16. The van der Waals surface area contributed by atoms with Gasteiger partial charge in [-0.15, -0.1) is 0 Å². The van der Waals surface area contributed by atoms with Crippen LogP contribution < -0.4 is 25.6 Å². The van der Waals surface area contributed by atoms with Crippen LogP contribution in [0.5, 0.6) is 11.5 Å². The van der Waals surface area contributed by atoms with Crippen LogP contribution in [0, 0.1) is 0 Å². The van der Waals surface area contributed by atoms with Gasteiger partial charge in [-0.1, -0.05) is 60.7 Å². The third kappa shape index (κ3) is 7.48. The minimum atomic E-state index is -0.455. The van der Waals surface area contributed by atoms with Crippen LogP contribution in [-0.4, -0.2) is 30.6 Å². The van der Waals surface area contributed by atoms with E-state index in [1.807, 2.05) is 60.7 Å². The summed E-state index contributed by atoms with van der Waals surface area (Å²) in [6.45, 7) is -0.231. The SMILES string of the molecule is COc1ccc(C=CC(=O)NC(=S)NNC(=O)COc2ccccc2-c2ccccc2)cc1. The second-order valence-electron chi connectivity index (χ2n) is 6.75. The minimum absolute atomic E-state index is 0.0441. The lowest BCUT2D eigenvalue weighted by Gasteiger charge is -2.13. The molecule has 3 aromatic carbocycles. The quantitative estimate of drug-likeness (QED) is 0.284. The molecule has 0 heterocycles. The Balaban J connectivity index is 1.43. The minimum Gasteiger partial charge on any atom is -0.497 e. The predicted molar refractivity (Wildman–Crippen MR) is 131 cm³/mol. The van der Waals surface area contributed by atoms with Crippen molar-refractivity contribution < 1.29 is 19.1 Å². The van der Waals surface area contributed by atoms with Crippen molar-refractivity contribution in [2.24, 2.45) is 0 Å². The molecule has 8 heteroatoms. The summed E-state index contributed by atoms with van der Waals surface area (Å²) >= 11 is 5.03. The molecular weight excluding hydrogens is 438 g/mol. The highest BCUT2D eigenvalue weighted by Crippen LogP contribution is 2.29. The topological polar surface area (TPSA) is 88.7 Å². The number of hydrazine groups is 1. The van der Waals surface area contributed by atoms with Crippen LogP contribution in [0.15, 0.2) is 84.9 Å². The van der Waals surface area contributed by atoms with Crippen molar-refractivity contribution >= 4 is 35.2 Å². The Bertz CT molecular complexity index is 1130. The number of methoxy groups -OCH3 is 1. The Morgan fingerprint density at radius 3 is 2.33 bits per heavy atom. The molecule has 0 aromatic heterocycles. The van der Waals surface area contributed by atoms with Gasteiger partial charge >= 0.3 is 0 Å². The highest BCUT2D eigenvalue weighted by molar-refractivity contribution is 7.80. The van der Waals surface area contributed by atoms with E-state index in [0.717, 1.165) is 22.4 Å².